The fraction of sp³-hybridized carbons (Fsp3) is 0.478. The monoisotopic (exact) mass is 425 g/mol. The standard InChI is InChI=1S/C23H28FN5O2/c1-3-28-15-17(12-25-28)14-27-6-7-29(23(27)30)21-11-19(26-8-9-31-16(2)13-26)10-20(22(21)24)18-4-5-18/h6-7,10-12,15-16,18H,3-5,8-9,13-14H2,1-2H3/t16-/m1/s1. The first-order valence-electron chi connectivity index (χ1n) is 11.0. The number of hydrogen-bond donors (Lipinski definition) is 0. The Morgan fingerprint density at radius 3 is 2.81 bits per heavy atom. The topological polar surface area (TPSA) is 57.2 Å². The average molecular weight is 426 g/mol. The molecule has 0 bridgehead atoms. The third-order valence-electron chi connectivity index (χ3n) is 6.16. The molecule has 2 aromatic heterocycles. The Labute approximate surface area is 180 Å². The van der Waals surface area contributed by atoms with Crippen LogP contribution in [0.2, 0.25) is 0 Å². The van der Waals surface area contributed by atoms with E-state index in [4.69, 9.17) is 4.74 Å². The number of aromatic nitrogens is 4. The average Bonchev–Trinajstić information content (AvgIpc) is 3.41. The number of aryl methyl sites for hydroxylation is 1. The molecule has 1 atom stereocenters. The van der Waals surface area contributed by atoms with Gasteiger partial charge >= 0.3 is 5.69 Å². The number of rotatable bonds is 6. The van der Waals surface area contributed by atoms with E-state index in [9.17, 15) is 4.79 Å². The minimum Gasteiger partial charge on any atom is -0.375 e. The Morgan fingerprint density at radius 1 is 1.26 bits per heavy atom. The second-order valence-corrected chi connectivity index (χ2v) is 8.55. The predicted molar refractivity (Wildman–Crippen MR) is 117 cm³/mol. The number of ether oxygens (including phenoxy) is 1. The van der Waals surface area contributed by atoms with Crippen LogP contribution in [0.25, 0.3) is 5.69 Å². The SMILES string of the molecule is CCn1cc(Cn2ccn(-c3cc(N4CCO[C@H](C)C4)cc(C4CC4)c3F)c2=O)cn1. The molecule has 0 unspecified atom stereocenters. The van der Waals surface area contributed by atoms with E-state index in [0.29, 0.717) is 18.8 Å². The molecule has 3 aromatic rings. The third kappa shape index (κ3) is 3.92. The highest BCUT2D eigenvalue weighted by Gasteiger charge is 2.30. The summed E-state index contributed by atoms with van der Waals surface area (Å²) < 4.78 is 26.0. The van der Waals surface area contributed by atoms with E-state index < -0.39 is 0 Å². The summed E-state index contributed by atoms with van der Waals surface area (Å²) >= 11 is 0. The zero-order valence-corrected chi connectivity index (χ0v) is 18.0. The van der Waals surface area contributed by atoms with Crippen molar-refractivity contribution in [3.05, 3.63) is 64.3 Å². The second kappa shape index (κ2) is 8.00. The van der Waals surface area contributed by atoms with Crippen molar-refractivity contribution in [1.29, 1.82) is 0 Å². The van der Waals surface area contributed by atoms with Crippen LogP contribution in [0.5, 0.6) is 0 Å². The smallest absolute Gasteiger partial charge is 0.333 e. The fourth-order valence-electron chi connectivity index (χ4n) is 4.29. The summed E-state index contributed by atoms with van der Waals surface area (Å²) in [6.45, 7) is 7.41. The number of halogens is 1. The van der Waals surface area contributed by atoms with E-state index in [1.165, 1.54) is 4.57 Å². The van der Waals surface area contributed by atoms with Crippen LogP contribution in [0.15, 0.2) is 41.7 Å². The van der Waals surface area contributed by atoms with E-state index in [1.807, 2.05) is 30.8 Å². The van der Waals surface area contributed by atoms with E-state index in [-0.39, 0.29) is 23.5 Å². The number of anilines is 1. The second-order valence-electron chi connectivity index (χ2n) is 8.55. The summed E-state index contributed by atoms with van der Waals surface area (Å²) in [4.78, 5) is 15.4. The third-order valence-corrected chi connectivity index (χ3v) is 6.16. The van der Waals surface area contributed by atoms with Crippen molar-refractivity contribution in [3.63, 3.8) is 0 Å². The molecule has 2 fully saturated rings. The highest BCUT2D eigenvalue weighted by Crippen LogP contribution is 2.44. The van der Waals surface area contributed by atoms with Gasteiger partial charge in [0.1, 0.15) is 0 Å². The Balaban J connectivity index is 1.52. The highest BCUT2D eigenvalue weighted by molar-refractivity contribution is 5.58. The van der Waals surface area contributed by atoms with Crippen LogP contribution in [0.1, 0.15) is 43.7 Å². The van der Waals surface area contributed by atoms with Crippen molar-refractivity contribution in [1.82, 2.24) is 18.9 Å². The molecule has 164 valence electrons. The van der Waals surface area contributed by atoms with Gasteiger partial charge in [-0.1, -0.05) is 0 Å². The van der Waals surface area contributed by atoms with Crippen molar-refractivity contribution >= 4 is 5.69 Å². The van der Waals surface area contributed by atoms with Gasteiger partial charge in [-0.05, 0) is 50.3 Å². The Kier molecular flexibility index (Phi) is 5.17. The molecular formula is C23H28FN5O2. The van der Waals surface area contributed by atoms with Gasteiger partial charge in [0.15, 0.2) is 5.82 Å². The van der Waals surface area contributed by atoms with E-state index in [0.717, 1.165) is 49.3 Å². The molecule has 1 aliphatic carbocycles. The summed E-state index contributed by atoms with van der Waals surface area (Å²) in [6.07, 6.45) is 9.18. The van der Waals surface area contributed by atoms with Crippen LogP contribution >= 0.6 is 0 Å². The first kappa shape index (κ1) is 20.1. The quantitative estimate of drug-likeness (QED) is 0.609. The van der Waals surface area contributed by atoms with Gasteiger partial charge in [-0.3, -0.25) is 13.8 Å². The van der Waals surface area contributed by atoms with E-state index in [1.54, 1.807) is 29.2 Å². The molecule has 1 aliphatic heterocycles. The number of nitrogens with zero attached hydrogens (tertiary/aromatic N) is 5. The lowest BCUT2D eigenvalue weighted by atomic mass is 10.1. The molecule has 7 nitrogen and oxygen atoms in total. The van der Waals surface area contributed by atoms with Gasteiger partial charge in [0.2, 0.25) is 0 Å². The van der Waals surface area contributed by atoms with Gasteiger partial charge in [-0.15, -0.1) is 0 Å². The van der Waals surface area contributed by atoms with Gasteiger partial charge in [0.25, 0.3) is 0 Å². The Morgan fingerprint density at radius 2 is 2.10 bits per heavy atom. The highest BCUT2D eigenvalue weighted by atomic mass is 19.1. The summed E-state index contributed by atoms with van der Waals surface area (Å²) in [6, 6.07) is 3.77. The molecule has 3 heterocycles. The number of imidazole rings is 1. The number of hydrogen-bond acceptors (Lipinski definition) is 4. The lowest BCUT2D eigenvalue weighted by Crippen LogP contribution is -2.41. The number of morpholine rings is 1. The van der Waals surface area contributed by atoms with Crippen molar-refractivity contribution in [3.8, 4) is 5.69 Å². The summed E-state index contributed by atoms with van der Waals surface area (Å²) in [5.41, 5.74) is 2.69. The molecule has 0 radical (unpaired) electrons. The minimum absolute atomic E-state index is 0.125. The van der Waals surface area contributed by atoms with Gasteiger partial charge < -0.3 is 9.64 Å². The Bertz CT molecular complexity index is 1140. The maximum Gasteiger partial charge on any atom is 0.333 e. The van der Waals surface area contributed by atoms with Gasteiger partial charge in [0, 0.05) is 49.5 Å². The maximum atomic E-state index is 15.5. The lowest BCUT2D eigenvalue weighted by molar-refractivity contribution is 0.0532. The normalized spacial score (nSPS) is 19.2. The molecule has 0 N–H and O–H groups in total. The predicted octanol–water partition coefficient (Wildman–Crippen LogP) is 3.15. The molecule has 1 saturated heterocycles. The first-order valence-corrected chi connectivity index (χ1v) is 11.0. The van der Waals surface area contributed by atoms with Crippen LogP contribution in [0.4, 0.5) is 10.1 Å². The molecule has 0 spiro atoms. The largest absolute Gasteiger partial charge is 0.375 e. The summed E-state index contributed by atoms with van der Waals surface area (Å²) in [7, 11) is 0. The molecule has 8 heteroatoms. The van der Waals surface area contributed by atoms with Crippen molar-refractivity contribution in [2.45, 2.75) is 51.8 Å². The van der Waals surface area contributed by atoms with Crippen molar-refractivity contribution in [2.24, 2.45) is 0 Å². The van der Waals surface area contributed by atoms with Crippen LogP contribution in [-0.4, -0.2) is 44.7 Å². The van der Waals surface area contributed by atoms with E-state index in [2.05, 4.69) is 10.00 Å². The lowest BCUT2D eigenvalue weighted by Gasteiger charge is -2.33. The molecule has 2 aliphatic rings. The van der Waals surface area contributed by atoms with E-state index >= 15 is 4.39 Å². The van der Waals surface area contributed by atoms with Crippen molar-refractivity contribution in [2.75, 3.05) is 24.6 Å². The Hall–Kier alpha value is -2.87. The molecule has 0 amide bonds. The summed E-state index contributed by atoms with van der Waals surface area (Å²) in [5.74, 6) is -0.0407. The number of benzene rings is 1. The molecule has 1 saturated carbocycles. The van der Waals surface area contributed by atoms with Gasteiger partial charge in [-0.25, -0.2) is 9.18 Å². The van der Waals surface area contributed by atoms with Gasteiger partial charge in [0.05, 0.1) is 31.1 Å². The van der Waals surface area contributed by atoms with Crippen LogP contribution in [0, 0.1) is 5.82 Å². The zero-order chi connectivity index (χ0) is 21.5. The first-order chi connectivity index (χ1) is 15.0. The van der Waals surface area contributed by atoms with Crippen LogP contribution in [0.3, 0.4) is 0 Å². The molecule has 31 heavy (non-hydrogen) atoms. The molecule has 5 rings (SSSR count). The maximum absolute atomic E-state index is 15.5. The molecular weight excluding hydrogens is 397 g/mol. The molecule has 1 aromatic carbocycles. The van der Waals surface area contributed by atoms with Crippen molar-refractivity contribution < 1.29 is 9.13 Å². The fourth-order valence-corrected chi connectivity index (χ4v) is 4.29. The summed E-state index contributed by atoms with van der Waals surface area (Å²) in [5, 5.41) is 4.27. The van der Waals surface area contributed by atoms with Crippen LogP contribution < -0.4 is 10.6 Å². The minimum atomic E-state index is -0.286. The zero-order valence-electron chi connectivity index (χ0n) is 18.0. The van der Waals surface area contributed by atoms with Gasteiger partial charge in [-0.2, -0.15) is 5.10 Å². The van der Waals surface area contributed by atoms with Crippen LogP contribution in [-0.2, 0) is 17.8 Å².